The molecule has 3 rings (SSSR count). The number of nitrogens with zero attached hydrogens (tertiary/aromatic N) is 4. The molecule has 0 radical (unpaired) electrons. The van der Waals surface area contributed by atoms with Crippen molar-refractivity contribution in [3.8, 4) is 0 Å². The molecule has 2 aliphatic rings. The van der Waals surface area contributed by atoms with Crippen LogP contribution in [0.2, 0.25) is 0 Å². The lowest BCUT2D eigenvalue weighted by molar-refractivity contribution is 0.0736. The van der Waals surface area contributed by atoms with Crippen molar-refractivity contribution in [2.45, 2.75) is 6.54 Å². The van der Waals surface area contributed by atoms with Gasteiger partial charge in [0.25, 0.3) is 11.8 Å². The van der Waals surface area contributed by atoms with Crippen molar-refractivity contribution in [2.24, 2.45) is 0 Å². The van der Waals surface area contributed by atoms with E-state index in [-0.39, 0.29) is 42.1 Å². The van der Waals surface area contributed by atoms with E-state index >= 15 is 0 Å². The molecule has 1 fully saturated rings. The SMILES string of the molecule is CN1CCn2nc(C(=O)N3CCS(=O)(=O)CC3)cc2C1=O. The zero-order valence-corrected chi connectivity index (χ0v) is 12.5. The fourth-order valence-corrected chi connectivity index (χ4v) is 3.68. The van der Waals surface area contributed by atoms with Crippen LogP contribution in [0.3, 0.4) is 0 Å². The summed E-state index contributed by atoms with van der Waals surface area (Å²) >= 11 is 0. The molecular formula is C12H16N4O4S. The average molecular weight is 312 g/mol. The van der Waals surface area contributed by atoms with Crippen LogP contribution in [0.5, 0.6) is 0 Å². The van der Waals surface area contributed by atoms with Gasteiger partial charge >= 0.3 is 0 Å². The van der Waals surface area contributed by atoms with Crippen molar-refractivity contribution in [3.63, 3.8) is 0 Å². The maximum atomic E-state index is 12.3. The molecular weight excluding hydrogens is 296 g/mol. The Labute approximate surface area is 122 Å². The second-order valence-electron chi connectivity index (χ2n) is 5.31. The van der Waals surface area contributed by atoms with E-state index in [1.807, 2.05) is 0 Å². The second-order valence-corrected chi connectivity index (χ2v) is 7.61. The molecule has 1 saturated heterocycles. The highest BCUT2D eigenvalue weighted by molar-refractivity contribution is 7.91. The van der Waals surface area contributed by atoms with Gasteiger partial charge in [-0.25, -0.2) is 8.42 Å². The Balaban J connectivity index is 1.81. The topological polar surface area (TPSA) is 92.6 Å². The van der Waals surface area contributed by atoms with E-state index in [2.05, 4.69) is 5.10 Å². The number of amides is 2. The highest BCUT2D eigenvalue weighted by atomic mass is 32.2. The Morgan fingerprint density at radius 1 is 1.19 bits per heavy atom. The van der Waals surface area contributed by atoms with Crippen LogP contribution in [-0.2, 0) is 16.4 Å². The first kappa shape index (κ1) is 14.1. The molecule has 1 aromatic rings. The Morgan fingerprint density at radius 2 is 1.86 bits per heavy atom. The van der Waals surface area contributed by atoms with Crippen molar-refractivity contribution in [1.29, 1.82) is 0 Å². The first-order valence-electron chi connectivity index (χ1n) is 6.70. The summed E-state index contributed by atoms with van der Waals surface area (Å²) in [6.45, 7) is 1.47. The number of rotatable bonds is 1. The zero-order chi connectivity index (χ0) is 15.2. The van der Waals surface area contributed by atoms with E-state index in [1.165, 1.54) is 15.6 Å². The summed E-state index contributed by atoms with van der Waals surface area (Å²) in [6.07, 6.45) is 0. The molecule has 1 aromatic heterocycles. The lowest BCUT2D eigenvalue weighted by Crippen LogP contribution is -2.43. The van der Waals surface area contributed by atoms with Gasteiger partial charge in [0, 0.05) is 32.7 Å². The minimum Gasteiger partial charge on any atom is -0.339 e. The third-order valence-corrected chi connectivity index (χ3v) is 5.45. The lowest BCUT2D eigenvalue weighted by Gasteiger charge is -2.25. The van der Waals surface area contributed by atoms with Crippen LogP contribution in [0.25, 0.3) is 0 Å². The molecule has 2 amide bonds. The lowest BCUT2D eigenvalue weighted by atomic mass is 10.2. The smallest absolute Gasteiger partial charge is 0.274 e. The van der Waals surface area contributed by atoms with Crippen LogP contribution < -0.4 is 0 Å². The number of hydrogen-bond acceptors (Lipinski definition) is 5. The molecule has 0 aliphatic carbocycles. The van der Waals surface area contributed by atoms with E-state index in [4.69, 9.17) is 0 Å². The third-order valence-electron chi connectivity index (χ3n) is 3.84. The number of fused-ring (bicyclic) bond motifs is 1. The van der Waals surface area contributed by atoms with E-state index < -0.39 is 9.84 Å². The van der Waals surface area contributed by atoms with Gasteiger partial charge in [0.05, 0.1) is 18.1 Å². The summed E-state index contributed by atoms with van der Waals surface area (Å²) in [5.41, 5.74) is 0.602. The van der Waals surface area contributed by atoms with Crippen molar-refractivity contribution in [1.82, 2.24) is 19.6 Å². The van der Waals surface area contributed by atoms with Gasteiger partial charge in [0.2, 0.25) is 0 Å². The zero-order valence-electron chi connectivity index (χ0n) is 11.7. The Morgan fingerprint density at radius 3 is 2.52 bits per heavy atom. The van der Waals surface area contributed by atoms with Crippen LogP contribution in [0.15, 0.2) is 6.07 Å². The van der Waals surface area contributed by atoms with Crippen LogP contribution in [-0.4, -0.2) is 78.0 Å². The molecule has 8 nitrogen and oxygen atoms in total. The van der Waals surface area contributed by atoms with Gasteiger partial charge in [-0.05, 0) is 0 Å². The number of hydrogen-bond donors (Lipinski definition) is 0. The Hall–Kier alpha value is -1.90. The molecule has 0 N–H and O–H groups in total. The molecule has 9 heteroatoms. The van der Waals surface area contributed by atoms with Crippen LogP contribution in [0.4, 0.5) is 0 Å². The molecule has 114 valence electrons. The molecule has 3 heterocycles. The highest BCUT2D eigenvalue weighted by Gasteiger charge is 2.30. The largest absolute Gasteiger partial charge is 0.339 e. The fourth-order valence-electron chi connectivity index (χ4n) is 2.48. The standard InChI is InChI=1S/C12H16N4O4S/c1-14-2-3-16-10(12(14)18)8-9(13-16)11(17)15-4-6-21(19,20)7-5-15/h8H,2-7H2,1H3. The molecule has 21 heavy (non-hydrogen) atoms. The summed E-state index contributed by atoms with van der Waals surface area (Å²) in [4.78, 5) is 27.4. The van der Waals surface area contributed by atoms with E-state index in [0.29, 0.717) is 18.8 Å². The predicted octanol–water partition coefficient (Wildman–Crippen LogP) is -1.16. The number of carbonyl (C=O) groups is 2. The van der Waals surface area contributed by atoms with Crippen LogP contribution in [0, 0.1) is 0 Å². The van der Waals surface area contributed by atoms with Gasteiger partial charge in [-0.1, -0.05) is 0 Å². The van der Waals surface area contributed by atoms with E-state index in [9.17, 15) is 18.0 Å². The van der Waals surface area contributed by atoms with Crippen molar-refractivity contribution >= 4 is 21.7 Å². The van der Waals surface area contributed by atoms with Crippen molar-refractivity contribution < 1.29 is 18.0 Å². The molecule has 0 bridgehead atoms. The monoisotopic (exact) mass is 312 g/mol. The Bertz CT molecular complexity index is 695. The summed E-state index contributed by atoms with van der Waals surface area (Å²) in [6, 6.07) is 1.49. The quantitative estimate of drug-likeness (QED) is 0.652. The maximum Gasteiger partial charge on any atom is 0.274 e. The second kappa shape index (κ2) is 4.83. The van der Waals surface area contributed by atoms with Gasteiger partial charge in [-0.2, -0.15) is 5.10 Å². The van der Waals surface area contributed by atoms with E-state index in [1.54, 1.807) is 11.9 Å². The molecule has 2 aliphatic heterocycles. The summed E-state index contributed by atoms with van der Waals surface area (Å²) < 4.78 is 24.3. The molecule has 0 unspecified atom stereocenters. The van der Waals surface area contributed by atoms with Crippen LogP contribution >= 0.6 is 0 Å². The van der Waals surface area contributed by atoms with Crippen molar-refractivity contribution in [2.75, 3.05) is 38.2 Å². The minimum absolute atomic E-state index is 0.0199. The van der Waals surface area contributed by atoms with Gasteiger partial charge in [0.1, 0.15) is 5.69 Å². The number of carbonyl (C=O) groups excluding carboxylic acids is 2. The van der Waals surface area contributed by atoms with Gasteiger partial charge in [0.15, 0.2) is 15.5 Å². The van der Waals surface area contributed by atoms with E-state index in [0.717, 1.165) is 0 Å². The van der Waals surface area contributed by atoms with Gasteiger partial charge < -0.3 is 9.80 Å². The molecule has 0 aromatic carbocycles. The fraction of sp³-hybridized carbons (Fsp3) is 0.583. The number of likely N-dealkylation sites (N-methyl/N-ethyl adjacent to an activating group) is 1. The first-order valence-corrected chi connectivity index (χ1v) is 8.52. The summed E-state index contributed by atoms with van der Waals surface area (Å²) in [5.74, 6) is -0.515. The average Bonchev–Trinajstić information content (AvgIpc) is 2.87. The maximum absolute atomic E-state index is 12.3. The molecule has 0 atom stereocenters. The summed E-state index contributed by atoms with van der Waals surface area (Å²) in [5, 5.41) is 4.18. The first-order chi connectivity index (χ1) is 9.87. The number of sulfone groups is 1. The van der Waals surface area contributed by atoms with Crippen LogP contribution in [0.1, 0.15) is 21.0 Å². The predicted molar refractivity (Wildman–Crippen MR) is 73.7 cm³/mol. The highest BCUT2D eigenvalue weighted by Crippen LogP contribution is 2.15. The summed E-state index contributed by atoms with van der Waals surface area (Å²) in [7, 11) is -1.33. The third kappa shape index (κ3) is 2.53. The van der Waals surface area contributed by atoms with Gasteiger partial charge in [-0.15, -0.1) is 0 Å². The Kier molecular flexibility index (Phi) is 3.23. The minimum atomic E-state index is -3.03. The van der Waals surface area contributed by atoms with Gasteiger partial charge in [-0.3, -0.25) is 14.3 Å². The van der Waals surface area contributed by atoms with Crippen molar-refractivity contribution in [3.05, 3.63) is 17.5 Å². The number of aromatic nitrogens is 2. The molecule has 0 spiro atoms. The normalized spacial score (nSPS) is 21.3. The molecule has 0 saturated carbocycles.